The van der Waals surface area contributed by atoms with Gasteiger partial charge in [0, 0.05) is 12.7 Å². The third-order valence-corrected chi connectivity index (χ3v) is 2.32. The minimum Gasteiger partial charge on any atom is -0.487 e. The average Bonchev–Trinajstić information content (AvgIpc) is 2.38. The standard InChI is InChI=1S/C13H13FN2O/c14-11-1-3-13(4-2-11)17-9-12-7-10(8-15)5-6-16-12/h1-7H,8-9,15H2. The van der Waals surface area contributed by atoms with Crippen molar-refractivity contribution in [3.8, 4) is 5.75 Å². The van der Waals surface area contributed by atoms with E-state index in [9.17, 15) is 4.39 Å². The van der Waals surface area contributed by atoms with E-state index in [4.69, 9.17) is 10.5 Å². The second-order valence-corrected chi connectivity index (χ2v) is 3.60. The van der Waals surface area contributed by atoms with E-state index in [1.807, 2.05) is 12.1 Å². The molecule has 88 valence electrons. The molecule has 2 aromatic rings. The summed E-state index contributed by atoms with van der Waals surface area (Å²) in [5.41, 5.74) is 7.35. The highest BCUT2D eigenvalue weighted by atomic mass is 19.1. The Morgan fingerprint density at radius 3 is 2.65 bits per heavy atom. The van der Waals surface area contributed by atoms with Crippen LogP contribution in [-0.2, 0) is 13.2 Å². The van der Waals surface area contributed by atoms with Crippen molar-refractivity contribution in [1.29, 1.82) is 0 Å². The zero-order chi connectivity index (χ0) is 12.1. The number of nitrogens with two attached hydrogens (primary N) is 1. The minimum absolute atomic E-state index is 0.277. The van der Waals surface area contributed by atoms with Gasteiger partial charge in [-0.05, 0) is 42.0 Å². The summed E-state index contributed by atoms with van der Waals surface area (Å²) in [6.07, 6.45) is 1.70. The van der Waals surface area contributed by atoms with Crippen LogP contribution >= 0.6 is 0 Å². The lowest BCUT2D eigenvalue weighted by atomic mass is 10.2. The molecule has 0 spiro atoms. The lowest BCUT2D eigenvalue weighted by Crippen LogP contribution is -2.02. The van der Waals surface area contributed by atoms with E-state index >= 15 is 0 Å². The Bertz CT molecular complexity index is 485. The predicted molar refractivity (Wildman–Crippen MR) is 62.9 cm³/mol. The van der Waals surface area contributed by atoms with Gasteiger partial charge in [-0.2, -0.15) is 0 Å². The molecule has 0 saturated heterocycles. The Labute approximate surface area is 99.1 Å². The first kappa shape index (κ1) is 11.5. The number of aromatic nitrogens is 1. The molecule has 2 N–H and O–H groups in total. The molecule has 0 aliphatic carbocycles. The van der Waals surface area contributed by atoms with Crippen LogP contribution in [0.1, 0.15) is 11.3 Å². The minimum atomic E-state index is -0.277. The van der Waals surface area contributed by atoms with E-state index in [2.05, 4.69) is 4.98 Å². The number of hydrogen-bond donors (Lipinski definition) is 1. The molecule has 4 heteroatoms. The maximum atomic E-state index is 12.7. The van der Waals surface area contributed by atoms with Crippen molar-refractivity contribution in [3.05, 3.63) is 59.7 Å². The monoisotopic (exact) mass is 232 g/mol. The molecule has 0 atom stereocenters. The molecule has 0 amide bonds. The fraction of sp³-hybridized carbons (Fsp3) is 0.154. The van der Waals surface area contributed by atoms with Gasteiger partial charge in [0.2, 0.25) is 0 Å². The highest BCUT2D eigenvalue weighted by molar-refractivity contribution is 5.23. The first-order valence-electron chi connectivity index (χ1n) is 5.30. The Morgan fingerprint density at radius 1 is 1.18 bits per heavy atom. The highest BCUT2D eigenvalue weighted by Crippen LogP contribution is 2.13. The van der Waals surface area contributed by atoms with Crippen LogP contribution in [0.2, 0.25) is 0 Å². The van der Waals surface area contributed by atoms with E-state index in [1.54, 1.807) is 18.3 Å². The van der Waals surface area contributed by atoms with Gasteiger partial charge >= 0.3 is 0 Å². The molecule has 17 heavy (non-hydrogen) atoms. The number of halogens is 1. The lowest BCUT2D eigenvalue weighted by molar-refractivity contribution is 0.300. The number of ether oxygens (including phenoxy) is 1. The molecule has 0 saturated carbocycles. The second-order valence-electron chi connectivity index (χ2n) is 3.60. The smallest absolute Gasteiger partial charge is 0.130 e. The van der Waals surface area contributed by atoms with E-state index in [0.29, 0.717) is 18.9 Å². The molecular formula is C13H13FN2O. The van der Waals surface area contributed by atoms with Crippen molar-refractivity contribution < 1.29 is 9.13 Å². The third kappa shape index (κ3) is 3.26. The van der Waals surface area contributed by atoms with E-state index in [-0.39, 0.29) is 5.82 Å². The molecule has 0 unspecified atom stereocenters. The maximum Gasteiger partial charge on any atom is 0.130 e. The van der Waals surface area contributed by atoms with Gasteiger partial charge in [-0.15, -0.1) is 0 Å². The van der Waals surface area contributed by atoms with Crippen LogP contribution in [-0.4, -0.2) is 4.98 Å². The van der Waals surface area contributed by atoms with E-state index < -0.39 is 0 Å². The normalized spacial score (nSPS) is 10.2. The molecule has 0 bridgehead atoms. The summed E-state index contributed by atoms with van der Waals surface area (Å²) in [5, 5.41) is 0. The summed E-state index contributed by atoms with van der Waals surface area (Å²) < 4.78 is 18.1. The fourth-order valence-corrected chi connectivity index (χ4v) is 1.42. The van der Waals surface area contributed by atoms with Gasteiger partial charge in [0.25, 0.3) is 0 Å². The van der Waals surface area contributed by atoms with Crippen molar-refractivity contribution in [3.63, 3.8) is 0 Å². The number of rotatable bonds is 4. The van der Waals surface area contributed by atoms with Gasteiger partial charge in [-0.1, -0.05) is 0 Å². The summed E-state index contributed by atoms with van der Waals surface area (Å²) in [6.45, 7) is 0.825. The Morgan fingerprint density at radius 2 is 1.94 bits per heavy atom. The molecule has 1 aromatic heterocycles. The quantitative estimate of drug-likeness (QED) is 0.879. The van der Waals surface area contributed by atoms with Gasteiger partial charge < -0.3 is 10.5 Å². The van der Waals surface area contributed by atoms with Crippen LogP contribution in [0.3, 0.4) is 0 Å². The van der Waals surface area contributed by atoms with Crippen LogP contribution in [0.4, 0.5) is 4.39 Å². The molecule has 1 heterocycles. The second kappa shape index (κ2) is 5.41. The molecule has 0 aliphatic rings. The van der Waals surface area contributed by atoms with Gasteiger partial charge in [0.05, 0.1) is 5.69 Å². The Hall–Kier alpha value is -1.94. The topological polar surface area (TPSA) is 48.1 Å². The molecular weight excluding hydrogens is 219 g/mol. The van der Waals surface area contributed by atoms with Crippen molar-refractivity contribution >= 4 is 0 Å². The van der Waals surface area contributed by atoms with E-state index in [0.717, 1.165) is 11.3 Å². The molecule has 0 aliphatic heterocycles. The van der Waals surface area contributed by atoms with Crippen LogP contribution in [0.25, 0.3) is 0 Å². The maximum absolute atomic E-state index is 12.7. The van der Waals surface area contributed by atoms with Crippen LogP contribution in [0.5, 0.6) is 5.75 Å². The zero-order valence-corrected chi connectivity index (χ0v) is 9.27. The Balaban J connectivity index is 1.99. The molecule has 1 aromatic carbocycles. The van der Waals surface area contributed by atoms with E-state index in [1.165, 1.54) is 12.1 Å². The fourth-order valence-electron chi connectivity index (χ4n) is 1.42. The summed E-state index contributed by atoms with van der Waals surface area (Å²) in [4.78, 5) is 4.17. The lowest BCUT2D eigenvalue weighted by Gasteiger charge is -2.06. The summed E-state index contributed by atoms with van der Waals surface area (Å²) >= 11 is 0. The van der Waals surface area contributed by atoms with Gasteiger partial charge in [0.1, 0.15) is 18.2 Å². The highest BCUT2D eigenvalue weighted by Gasteiger charge is 1.99. The SMILES string of the molecule is NCc1ccnc(COc2ccc(F)cc2)c1. The molecule has 3 nitrogen and oxygen atoms in total. The Kier molecular flexibility index (Phi) is 3.67. The largest absolute Gasteiger partial charge is 0.487 e. The first-order valence-corrected chi connectivity index (χ1v) is 5.30. The molecule has 2 rings (SSSR count). The predicted octanol–water partition coefficient (Wildman–Crippen LogP) is 2.26. The number of hydrogen-bond acceptors (Lipinski definition) is 3. The number of benzene rings is 1. The molecule has 0 radical (unpaired) electrons. The summed E-state index contributed by atoms with van der Waals surface area (Å²) in [7, 11) is 0. The summed E-state index contributed by atoms with van der Waals surface area (Å²) in [6, 6.07) is 9.65. The van der Waals surface area contributed by atoms with Crippen LogP contribution in [0.15, 0.2) is 42.6 Å². The molecule has 0 fully saturated rings. The van der Waals surface area contributed by atoms with Gasteiger partial charge in [-0.25, -0.2) is 4.39 Å². The van der Waals surface area contributed by atoms with Gasteiger partial charge in [0.15, 0.2) is 0 Å². The van der Waals surface area contributed by atoms with Gasteiger partial charge in [-0.3, -0.25) is 4.98 Å². The van der Waals surface area contributed by atoms with Crippen molar-refractivity contribution in [2.75, 3.05) is 0 Å². The number of nitrogens with zero attached hydrogens (tertiary/aromatic N) is 1. The average molecular weight is 232 g/mol. The van der Waals surface area contributed by atoms with Crippen molar-refractivity contribution in [1.82, 2.24) is 4.98 Å². The first-order chi connectivity index (χ1) is 8.28. The third-order valence-electron chi connectivity index (χ3n) is 2.32. The van der Waals surface area contributed by atoms with Crippen molar-refractivity contribution in [2.45, 2.75) is 13.2 Å². The van der Waals surface area contributed by atoms with Crippen molar-refractivity contribution in [2.24, 2.45) is 5.73 Å². The zero-order valence-electron chi connectivity index (χ0n) is 9.27. The van der Waals surface area contributed by atoms with Crippen LogP contribution < -0.4 is 10.5 Å². The summed E-state index contributed by atoms with van der Waals surface area (Å²) in [5.74, 6) is 0.340. The number of pyridine rings is 1. The van der Waals surface area contributed by atoms with Crippen LogP contribution in [0, 0.1) is 5.82 Å².